The van der Waals surface area contributed by atoms with Gasteiger partial charge in [0.15, 0.2) is 0 Å². The minimum Gasteiger partial charge on any atom is -0.368 e. The van der Waals surface area contributed by atoms with Crippen molar-refractivity contribution < 1.29 is 4.79 Å². The molecule has 1 atom stereocenters. The molecule has 92 valence electrons. The molecule has 2 aliphatic rings. The predicted octanol–water partition coefficient (Wildman–Crippen LogP) is 1.37. The molecule has 1 unspecified atom stereocenters. The summed E-state index contributed by atoms with van der Waals surface area (Å²) in [7, 11) is 0. The lowest BCUT2D eigenvalue weighted by atomic mass is 9.79. The van der Waals surface area contributed by atoms with Gasteiger partial charge in [0.1, 0.15) is 5.54 Å². The third-order valence-electron chi connectivity index (χ3n) is 3.52. The summed E-state index contributed by atoms with van der Waals surface area (Å²) in [4.78, 5) is 11.7. The van der Waals surface area contributed by atoms with Crippen LogP contribution in [0.4, 0.5) is 0 Å². The average Bonchev–Trinajstić information content (AvgIpc) is 2.96. The van der Waals surface area contributed by atoms with E-state index in [1.165, 1.54) is 12.8 Å². The number of hydrogen-bond donors (Lipinski definition) is 2. The summed E-state index contributed by atoms with van der Waals surface area (Å²) in [6.07, 6.45) is 3.48. The molecule has 0 aromatic rings. The number of primary amides is 1. The number of rotatable bonds is 4. The van der Waals surface area contributed by atoms with E-state index >= 15 is 0 Å². The van der Waals surface area contributed by atoms with Crippen molar-refractivity contribution in [3.05, 3.63) is 0 Å². The predicted molar refractivity (Wildman–Crippen MR) is 68.4 cm³/mol. The van der Waals surface area contributed by atoms with Crippen LogP contribution in [0.3, 0.4) is 0 Å². The van der Waals surface area contributed by atoms with Crippen molar-refractivity contribution in [1.29, 1.82) is 0 Å². The first-order chi connectivity index (χ1) is 7.44. The van der Waals surface area contributed by atoms with Gasteiger partial charge >= 0.3 is 0 Å². The standard InChI is InChI=1S/C12H22N2OS/c1-11(2)6-12(10(13)15,8-16-7-11)14-5-9-3-4-9/h9,14H,3-8H2,1-2H3,(H2,13,15). The second kappa shape index (κ2) is 4.22. The fourth-order valence-corrected chi connectivity index (χ4v) is 3.89. The van der Waals surface area contributed by atoms with Gasteiger partial charge in [-0.05, 0) is 42.9 Å². The van der Waals surface area contributed by atoms with Gasteiger partial charge in [0.2, 0.25) is 5.91 Å². The molecule has 4 heteroatoms. The van der Waals surface area contributed by atoms with Crippen LogP contribution in [0.1, 0.15) is 33.1 Å². The van der Waals surface area contributed by atoms with E-state index in [4.69, 9.17) is 5.73 Å². The maximum Gasteiger partial charge on any atom is 0.238 e. The van der Waals surface area contributed by atoms with Gasteiger partial charge in [-0.3, -0.25) is 4.79 Å². The summed E-state index contributed by atoms with van der Waals surface area (Å²) >= 11 is 1.85. The minimum absolute atomic E-state index is 0.173. The monoisotopic (exact) mass is 242 g/mol. The topological polar surface area (TPSA) is 55.1 Å². The Hall–Kier alpha value is -0.220. The summed E-state index contributed by atoms with van der Waals surface area (Å²) < 4.78 is 0. The van der Waals surface area contributed by atoms with E-state index in [1.54, 1.807) is 0 Å². The lowest BCUT2D eigenvalue weighted by Crippen LogP contribution is -2.61. The molecule has 1 aliphatic carbocycles. The van der Waals surface area contributed by atoms with Gasteiger partial charge in [-0.15, -0.1) is 0 Å². The minimum atomic E-state index is -0.463. The van der Waals surface area contributed by atoms with Gasteiger partial charge in [0.05, 0.1) is 0 Å². The van der Waals surface area contributed by atoms with Crippen LogP contribution in [0.15, 0.2) is 0 Å². The molecule has 1 aliphatic heterocycles. The van der Waals surface area contributed by atoms with Gasteiger partial charge < -0.3 is 11.1 Å². The zero-order valence-corrected chi connectivity index (χ0v) is 11.0. The molecule has 1 saturated heterocycles. The molecular formula is C12H22N2OS. The molecule has 0 aromatic carbocycles. The van der Waals surface area contributed by atoms with E-state index in [9.17, 15) is 4.79 Å². The van der Waals surface area contributed by atoms with Crippen LogP contribution in [0.25, 0.3) is 0 Å². The van der Waals surface area contributed by atoms with Crippen molar-refractivity contribution in [2.75, 3.05) is 18.1 Å². The van der Waals surface area contributed by atoms with Crippen LogP contribution < -0.4 is 11.1 Å². The highest BCUT2D eigenvalue weighted by Gasteiger charge is 2.45. The van der Waals surface area contributed by atoms with Crippen molar-refractivity contribution in [1.82, 2.24) is 5.32 Å². The Labute approximate surface area is 102 Å². The SMILES string of the molecule is CC1(C)CSCC(NCC2CC2)(C(N)=O)C1. The first-order valence-electron chi connectivity index (χ1n) is 6.06. The highest BCUT2D eigenvalue weighted by Crippen LogP contribution is 2.39. The van der Waals surface area contributed by atoms with Crippen molar-refractivity contribution in [2.24, 2.45) is 17.1 Å². The fraction of sp³-hybridized carbons (Fsp3) is 0.917. The third-order valence-corrected chi connectivity index (χ3v) is 5.20. The molecule has 2 fully saturated rings. The molecule has 3 N–H and O–H groups in total. The van der Waals surface area contributed by atoms with Crippen LogP contribution in [0.2, 0.25) is 0 Å². The van der Waals surface area contributed by atoms with E-state index in [0.29, 0.717) is 0 Å². The molecule has 0 aromatic heterocycles. The largest absolute Gasteiger partial charge is 0.368 e. The Kier molecular flexibility index (Phi) is 3.23. The van der Waals surface area contributed by atoms with Crippen molar-refractivity contribution in [3.8, 4) is 0 Å². The Morgan fingerprint density at radius 2 is 2.12 bits per heavy atom. The lowest BCUT2D eigenvalue weighted by Gasteiger charge is -2.43. The average molecular weight is 242 g/mol. The number of nitrogens with one attached hydrogen (secondary N) is 1. The summed E-state index contributed by atoms with van der Waals surface area (Å²) in [5.74, 6) is 2.56. The molecule has 2 rings (SSSR count). The summed E-state index contributed by atoms with van der Waals surface area (Å²) in [5, 5.41) is 3.46. The number of amides is 1. The fourth-order valence-electron chi connectivity index (χ4n) is 2.44. The molecule has 1 amide bonds. The Morgan fingerprint density at radius 3 is 2.62 bits per heavy atom. The van der Waals surface area contributed by atoms with Crippen LogP contribution in [-0.2, 0) is 4.79 Å². The molecule has 0 bridgehead atoms. The zero-order valence-electron chi connectivity index (χ0n) is 10.2. The maximum absolute atomic E-state index is 11.7. The number of carbonyl (C=O) groups excluding carboxylic acids is 1. The van der Waals surface area contributed by atoms with E-state index in [0.717, 1.165) is 30.4 Å². The van der Waals surface area contributed by atoms with E-state index in [1.807, 2.05) is 11.8 Å². The van der Waals surface area contributed by atoms with E-state index in [2.05, 4.69) is 19.2 Å². The molecule has 0 spiro atoms. The van der Waals surface area contributed by atoms with Gasteiger partial charge in [-0.25, -0.2) is 0 Å². The van der Waals surface area contributed by atoms with E-state index < -0.39 is 5.54 Å². The molecular weight excluding hydrogens is 220 g/mol. The van der Waals surface area contributed by atoms with Crippen molar-refractivity contribution >= 4 is 17.7 Å². The highest BCUT2D eigenvalue weighted by molar-refractivity contribution is 7.99. The zero-order chi connectivity index (χ0) is 11.8. The summed E-state index contributed by atoms with van der Waals surface area (Å²) in [5.41, 5.74) is 5.35. The molecule has 1 heterocycles. The summed E-state index contributed by atoms with van der Waals surface area (Å²) in [6, 6.07) is 0. The smallest absolute Gasteiger partial charge is 0.238 e. The number of thioether (sulfide) groups is 1. The van der Waals surface area contributed by atoms with Crippen LogP contribution >= 0.6 is 11.8 Å². The molecule has 0 radical (unpaired) electrons. The number of hydrogen-bond acceptors (Lipinski definition) is 3. The Balaban J connectivity index is 2.03. The third kappa shape index (κ3) is 2.72. The first kappa shape index (κ1) is 12.2. The van der Waals surface area contributed by atoms with Crippen molar-refractivity contribution in [3.63, 3.8) is 0 Å². The van der Waals surface area contributed by atoms with Crippen LogP contribution in [0, 0.1) is 11.3 Å². The first-order valence-corrected chi connectivity index (χ1v) is 7.22. The summed E-state index contributed by atoms with van der Waals surface area (Å²) in [6.45, 7) is 5.39. The van der Waals surface area contributed by atoms with Gasteiger partial charge in [0, 0.05) is 5.75 Å². The lowest BCUT2D eigenvalue weighted by molar-refractivity contribution is -0.124. The molecule has 3 nitrogen and oxygen atoms in total. The van der Waals surface area contributed by atoms with Gasteiger partial charge in [0.25, 0.3) is 0 Å². The Morgan fingerprint density at radius 1 is 1.44 bits per heavy atom. The number of nitrogens with two attached hydrogens (primary N) is 1. The second-order valence-corrected chi connectivity index (χ2v) is 7.09. The maximum atomic E-state index is 11.7. The second-order valence-electron chi connectivity index (χ2n) is 6.10. The Bertz CT molecular complexity index is 289. The van der Waals surface area contributed by atoms with Gasteiger partial charge in [-0.2, -0.15) is 11.8 Å². The van der Waals surface area contributed by atoms with E-state index in [-0.39, 0.29) is 11.3 Å². The van der Waals surface area contributed by atoms with Crippen LogP contribution in [0.5, 0.6) is 0 Å². The normalized spacial score (nSPS) is 33.6. The van der Waals surface area contributed by atoms with Gasteiger partial charge in [-0.1, -0.05) is 13.8 Å². The van der Waals surface area contributed by atoms with Crippen LogP contribution in [-0.4, -0.2) is 29.5 Å². The quantitative estimate of drug-likeness (QED) is 0.783. The molecule has 16 heavy (non-hydrogen) atoms. The molecule has 1 saturated carbocycles. The highest BCUT2D eigenvalue weighted by atomic mass is 32.2. The van der Waals surface area contributed by atoms with Crippen molar-refractivity contribution in [2.45, 2.75) is 38.6 Å². The number of carbonyl (C=O) groups is 1.